The van der Waals surface area contributed by atoms with Crippen LogP contribution >= 0.6 is 11.3 Å². The van der Waals surface area contributed by atoms with Crippen LogP contribution in [0.25, 0.3) is 0 Å². The topological polar surface area (TPSA) is 34.9 Å². The average molecular weight is 276 g/mol. The van der Waals surface area contributed by atoms with Crippen molar-refractivity contribution in [3.8, 4) is 0 Å². The number of nitrogens with zero attached hydrogens (tertiary/aromatic N) is 2. The molecule has 0 saturated carbocycles. The van der Waals surface area contributed by atoms with Gasteiger partial charge in [-0.25, -0.2) is 4.98 Å². The Labute approximate surface area is 118 Å². The highest BCUT2D eigenvalue weighted by Gasteiger charge is 2.18. The van der Waals surface area contributed by atoms with Crippen LogP contribution in [0.5, 0.6) is 0 Å². The molecule has 0 unspecified atom stereocenters. The summed E-state index contributed by atoms with van der Waals surface area (Å²) in [6.45, 7) is 6.51. The van der Waals surface area contributed by atoms with E-state index in [1.54, 1.807) is 17.7 Å². The third-order valence-corrected chi connectivity index (χ3v) is 4.70. The normalized spacial score (nSPS) is 11.8. The van der Waals surface area contributed by atoms with Crippen LogP contribution in [0.2, 0.25) is 0 Å². The van der Waals surface area contributed by atoms with E-state index in [0.717, 1.165) is 17.0 Å². The highest BCUT2D eigenvalue weighted by atomic mass is 32.1. The summed E-state index contributed by atoms with van der Waals surface area (Å²) in [7, 11) is 1.95. The van der Waals surface area contributed by atoms with E-state index in [1.807, 2.05) is 23.9 Å². The fraction of sp³-hybridized carbons (Fsp3) is 0.467. The third-order valence-electron chi connectivity index (χ3n) is 3.14. The van der Waals surface area contributed by atoms with E-state index >= 15 is 0 Å². The van der Waals surface area contributed by atoms with Crippen LogP contribution in [0.3, 0.4) is 0 Å². The molecule has 3 nitrogen and oxygen atoms in total. The monoisotopic (exact) mass is 276 g/mol. The van der Waals surface area contributed by atoms with E-state index in [2.05, 4.69) is 31.8 Å². The minimum atomic E-state index is 0.116. The van der Waals surface area contributed by atoms with Gasteiger partial charge in [0.25, 0.3) is 0 Å². The Morgan fingerprint density at radius 3 is 2.63 bits per heavy atom. The molecule has 0 aliphatic heterocycles. The van der Waals surface area contributed by atoms with E-state index < -0.39 is 0 Å². The molecule has 0 aliphatic carbocycles. The number of imidazole rings is 1. The predicted octanol–water partition coefficient (Wildman–Crippen LogP) is 3.59. The van der Waals surface area contributed by atoms with Crippen molar-refractivity contribution >= 4 is 17.1 Å². The van der Waals surface area contributed by atoms with E-state index in [4.69, 9.17) is 0 Å². The Morgan fingerprint density at radius 2 is 2.11 bits per heavy atom. The van der Waals surface area contributed by atoms with Crippen molar-refractivity contribution in [3.63, 3.8) is 0 Å². The summed E-state index contributed by atoms with van der Waals surface area (Å²) >= 11 is 1.62. The summed E-state index contributed by atoms with van der Waals surface area (Å²) in [6, 6.07) is 4.03. The van der Waals surface area contributed by atoms with Gasteiger partial charge in [0.05, 0.1) is 11.2 Å². The smallest absolute Gasteiger partial charge is 0.173 e. The van der Waals surface area contributed by atoms with E-state index in [0.29, 0.717) is 6.42 Å². The van der Waals surface area contributed by atoms with Crippen LogP contribution < -0.4 is 0 Å². The molecule has 2 heterocycles. The second-order valence-corrected chi connectivity index (χ2v) is 6.92. The summed E-state index contributed by atoms with van der Waals surface area (Å²) in [6.07, 6.45) is 4.88. The average Bonchev–Trinajstić information content (AvgIpc) is 2.93. The van der Waals surface area contributed by atoms with Crippen molar-refractivity contribution in [1.82, 2.24) is 9.55 Å². The minimum absolute atomic E-state index is 0.116. The molecule has 2 aromatic heterocycles. The molecule has 2 aromatic rings. The van der Waals surface area contributed by atoms with Crippen molar-refractivity contribution in [1.29, 1.82) is 0 Å². The Morgan fingerprint density at radius 1 is 1.37 bits per heavy atom. The van der Waals surface area contributed by atoms with E-state index in [1.165, 1.54) is 4.88 Å². The molecule has 0 saturated heterocycles. The summed E-state index contributed by atoms with van der Waals surface area (Å²) in [4.78, 5) is 18.4. The third kappa shape index (κ3) is 3.32. The van der Waals surface area contributed by atoms with Gasteiger partial charge in [-0.1, -0.05) is 20.8 Å². The predicted molar refractivity (Wildman–Crippen MR) is 78.9 cm³/mol. The molecule has 0 fully saturated rings. The maximum absolute atomic E-state index is 12.2. The Balaban J connectivity index is 2.01. The number of aromatic nitrogens is 2. The number of Topliss-reactive ketones (excluding diaryl/α,β-unsaturated/α-hetero) is 1. The van der Waals surface area contributed by atoms with Crippen molar-refractivity contribution in [2.75, 3.05) is 0 Å². The van der Waals surface area contributed by atoms with Crippen molar-refractivity contribution in [3.05, 3.63) is 40.1 Å². The first-order valence-electron chi connectivity index (χ1n) is 6.46. The molecule has 0 bridgehead atoms. The quantitative estimate of drug-likeness (QED) is 0.800. The first-order chi connectivity index (χ1) is 8.88. The number of carbonyl (C=O) groups is 1. The van der Waals surface area contributed by atoms with Crippen LogP contribution in [0.15, 0.2) is 24.7 Å². The van der Waals surface area contributed by atoms with Gasteiger partial charge >= 0.3 is 0 Å². The Hall–Kier alpha value is -1.42. The molecule has 0 radical (unpaired) electrons. The fourth-order valence-electron chi connectivity index (χ4n) is 1.88. The lowest BCUT2D eigenvalue weighted by Crippen LogP contribution is -2.08. The Kier molecular flexibility index (Phi) is 3.90. The van der Waals surface area contributed by atoms with Crippen LogP contribution in [0, 0.1) is 0 Å². The second-order valence-electron chi connectivity index (χ2n) is 5.83. The largest absolute Gasteiger partial charge is 0.338 e. The number of thiophene rings is 1. The molecule has 4 heteroatoms. The highest BCUT2D eigenvalue weighted by molar-refractivity contribution is 7.14. The number of rotatable bonds is 4. The zero-order valence-corrected chi connectivity index (χ0v) is 12.8. The van der Waals surface area contributed by atoms with Gasteiger partial charge in [-0.3, -0.25) is 4.79 Å². The molecule has 0 atom stereocenters. The van der Waals surface area contributed by atoms with Gasteiger partial charge in [-0.05, 0) is 24.0 Å². The molecule has 0 spiro atoms. The van der Waals surface area contributed by atoms with Gasteiger partial charge in [-0.15, -0.1) is 11.3 Å². The summed E-state index contributed by atoms with van der Waals surface area (Å²) < 4.78 is 1.96. The van der Waals surface area contributed by atoms with E-state index in [9.17, 15) is 4.79 Å². The minimum Gasteiger partial charge on any atom is -0.338 e. The van der Waals surface area contributed by atoms with Gasteiger partial charge in [-0.2, -0.15) is 0 Å². The lowest BCUT2D eigenvalue weighted by molar-refractivity contribution is 0.0986. The zero-order valence-electron chi connectivity index (χ0n) is 11.9. The SMILES string of the molecule is Cn1cncc1CCC(=O)c1ccc(C(C)(C)C)s1. The molecule has 0 aliphatic rings. The first-order valence-corrected chi connectivity index (χ1v) is 7.28. The molecular weight excluding hydrogens is 256 g/mol. The number of hydrogen-bond acceptors (Lipinski definition) is 3. The number of aryl methyl sites for hydroxylation is 2. The maximum Gasteiger partial charge on any atom is 0.173 e. The number of carbonyl (C=O) groups excluding carboxylic acids is 1. The molecule has 0 aromatic carbocycles. The van der Waals surface area contributed by atoms with Crippen LogP contribution in [-0.2, 0) is 18.9 Å². The summed E-state index contributed by atoms with van der Waals surface area (Å²) in [5.74, 6) is 0.224. The van der Waals surface area contributed by atoms with Gasteiger partial charge in [0.1, 0.15) is 0 Å². The van der Waals surface area contributed by atoms with Gasteiger partial charge in [0.15, 0.2) is 5.78 Å². The standard InChI is InChI=1S/C15H20N2OS/c1-15(2,3)14-8-7-13(19-14)12(18)6-5-11-9-16-10-17(11)4/h7-10H,5-6H2,1-4H3. The highest BCUT2D eigenvalue weighted by Crippen LogP contribution is 2.30. The number of ketones is 1. The Bertz CT molecular complexity index is 575. The van der Waals surface area contributed by atoms with Crippen LogP contribution in [-0.4, -0.2) is 15.3 Å². The van der Waals surface area contributed by atoms with Gasteiger partial charge in [0.2, 0.25) is 0 Å². The summed E-state index contributed by atoms with van der Waals surface area (Å²) in [5, 5.41) is 0. The van der Waals surface area contributed by atoms with Crippen molar-refractivity contribution in [2.24, 2.45) is 7.05 Å². The molecule has 2 rings (SSSR count). The van der Waals surface area contributed by atoms with Crippen molar-refractivity contribution < 1.29 is 4.79 Å². The molecule has 0 N–H and O–H groups in total. The van der Waals surface area contributed by atoms with Crippen molar-refractivity contribution in [2.45, 2.75) is 39.0 Å². The summed E-state index contributed by atoms with van der Waals surface area (Å²) in [5.41, 5.74) is 1.21. The lowest BCUT2D eigenvalue weighted by atomic mass is 9.95. The molecular formula is C15H20N2OS. The van der Waals surface area contributed by atoms with Gasteiger partial charge in [0, 0.05) is 30.2 Å². The second kappa shape index (κ2) is 5.29. The van der Waals surface area contributed by atoms with Gasteiger partial charge < -0.3 is 4.57 Å². The molecule has 102 valence electrons. The zero-order chi connectivity index (χ0) is 14.0. The number of hydrogen-bond donors (Lipinski definition) is 0. The van der Waals surface area contributed by atoms with E-state index in [-0.39, 0.29) is 11.2 Å². The molecule has 19 heavy (non-hydrogen) atoms. The lowest BCUT2D eigenvalue weighted by Gasteiger charge is -2.15. The van der Waals surface area contributed by atoms with Crippen LogP contribution in [0.4, 0.5) is 0 Å². The maximum atomic E-state index is 12.2. The molecule has 0 amide bonds. The van der Waals surface area contributed by atoms with Crippen LogP contribution in [0.1, 0.15) is 47.4 Å². The first kappa shape index (κ1) is 14.0. The fourth-order valence-corrected chi connectivity index (χ4v) is 2.91.